The van der Waals surface area contributed by atoms with E-state index in [9.17, 15) is 22.4 Å². The van der Waals surface area contributed by atoms with Crippen LogP contribution < -0.4 is 15.4 Å². The second-order valence-corrected chi connectivity index (χ2v) is 8.83. The van der Waals surface area contributed by atoms with E-state index >= 15 is 0 Å². The summed E-state index contributed by atoms with van der Waals surface area (Å²) in [5.74, 6) is -2.19. The molecule has 2 aromatic heterocycles. The molecule has 0 saturated carbocycles. The van der Waals surface area contributed by atoms with Crippen molar-refractivity contribution in [2.45, 2.75) is 20.0 Å². The van der Waals surface area contributed by atoms with E-state index in [2.05, 4.69) is 44.3 Å². The Labute approximate surface area is 238 Å². The molecule has 14 heteroatoms. The lowest BCUT2D eigenvalue weighted by Gasteiger charge is -2.18. The van der Waals surface area contributed by atoms with Crippen molar-refractivity contribution in [2.75, 3.05) is 38.6 Å². The van der Waals surface area contributed by atoms with Gasteiger partial charge in [0, 0.05) is 29.6 Å². The molecule has 2 aromatic carbocycles. The Morgan fingerprint density at radius 3 is 2.43 bits per heavy atom. The van der Waals surface area contributed by atoms with Crippen LogP contribution in [0.4, 0.5) is 29.1 Å². The van der Waals surface area contributed by atoms with E-state index < -0.39 is 12.1 Å². The summed E-state index contributed by atoms with van der Waals surface area (Å²) in [7, 11) is 1.55. The number of carboxylic acid groups (broad SMARTS) is 1. The molecule has 0 unspecified atom stereocenters. The van der Waals surface area contributed by atoms with Crippen molar-refractivity contribution in [1.29, 1.82) is 0 Å². The number of fused-ring (bicyclic) bond motifs is 1. The average molecular weight is 591 g/mol. The summed E-state index contributed by atoms with van der Waals surface area (Å²) in [6.45, 7) is 7.47. The second-order valence-electron chi connectivity index (χ2n) is 8.83. The predicted octanol–water partition coefficient (Wildman–Crippen LogP) is 5.22. The Balaban J connectivity index is 0.000000616. The number of H-pyrrole nitrogens is 1. The third-order valence-corrected chi connectivity index (χ3v) is 6.07. The van der Waals surface area contributed by atoms with Crippen molar-refractivity contribution >= 4 is 34.3 Å². The number of hydrogen-bond donors (Lipinski definition) is 4. The van der Waals surface area contributed by atoms with Crippen molar-refractivity contribution in [3.8, 4) is 17.1 Å². The molecule has 0 bridgehead atoms. The number of carbonyl (C=O) groups excluding carboxylic acids is 1. The Morgan fingerprint density at radius 1 is 1.07 bits per heavy atom. The van der Waals surface area contributed by atoms with E-state index in [4.69, 9.17) is 14.6 Å². The van der Waals surface area contributed by atoms with E-state index in [1.165, 1.54) is 12.1 Å². The van der Waals surface area contributed by atoms with Gasteiger partial charge in [0.25, 0.3) is 5.91 Å². The molecule has 4 N–H and O–H groups in total. The highest BCUT2D eigenvalue weighted by Gasteiger charge is 2.38. The first-order chi connectivity index (χ1) is 19.9. The molecule has 0 aliphatic heterocycles. The van der Waals surface area contributed by atoms with Gasteiger partial charge in [-0.1, -0.05) is 13.8 Å². The molecule has 0 atom stereocenters. The van der Waals surface area contributed by atoms with Crippen molar-refractivity contribution < 1.29 is 37.0 Å². The SMILES string of the molecule is CCN(CC)CCNC(=O)c1ccc(Nc2cncc(-c3cc4cc(F)ccc4[nH]3)n2)c(OC)c1.O=C(O)C(F)(F)F. The number of hydrogen-bond acceptors (Lipinski definition) is 7. The number of aliphatic carboxylic acids is 1. The van der Waals surface area contributed by atoms with Crippen LogP contribution in [0.25, 0.3) is 22.3 Å². The number of aromatic nitrogens is 3. The number of carbonyl (C=O) groups is 2. The minimum absolute atomic E-state index is 0.154. The lowest BCUT2D eigenvalue weighted by atomic mass is 10.1. The molecule has 224 valence electrons. The number of alkyl halides is 3. The topological polar surface area (TPSA) is 132 Å². The fourth-order valence-corrected chi connectivity index (χ4v) is 3.84. The van der Waals surface area contributed by atoms with Gasteiger partial charge in [0.1, 0.15) is 23.1 Å². The maximum Gasteiger partial charge on any atom is 0.490 e. The quantitative estimate of drug-likeness (QED) is 0.185. The van der Waals surface area contributed by atoms with Gasteiger partial charge < -0.3 is 30.4 Å². The van der Waals surface area contributed by atoms with E-state index in [-0.39, 0.29) is 11.7 Å². The Bertz CT molecular complexity index is 1520. The number of amides is 1. The van der Waals surface area contributed by atoms with Crippen molar-refractivity contribution in [3.63, 3.8) is 0 Å². The van der Waals surface area contributed by atoms with Crippen LogP contribution in [0.5, 0.6) is 5.75 Å². The highest BCUT2D eigenvalue weighted by atomic mass is 19.4. The molecule has 4 rings (SSSR count). The maximum absolute atomic E-state index is 13.5. The number of benzene rings is 2. The molecule has 42 heavy (non-hydrogen) atoms. The third kappa shape index (κ3) is 8.64. The van der Waals surface area contributed by atoms with Gasteiger partial charge in [-0.05, 0) is 55.6 Å². The maximum atomic E-state index is 13.5. The van der Waals surface area contributed by atoms with Crippen LogP contribution in [-0.2, 0) is 4.79 Å². The van der Waals surface area contributed by atoms with Crippen molar-refractivity contribution in [2.24, 2.45) is 0 Å². The summed E-state index contributed by atoms with van der Waals surface area (Å²) in [5, 5.41) is 14.0. The van der Waals surface area contributed by atoms with E-state index in [0.717, 1.165) is 36.2 Å². The molecule has 10 nitrogen and oxygen atoms in total. The largest absolute Gasteiger partial charge is 0.495 e. The Kier molecular flexibility index (Phi) is 10.8. The fraction of sp³-hybridized carbons (Fsp3) is 0.286. The molecule has 0 saturated heterocycles. The van der Waals surface area contributed by atoms with Gasteiger partial charge in [-0.25, -0.2) is 14.2 Å². The standard InChI is InChI=1S/C26H29FN6O2.C2HF3O2/c1-4-33(5-2)11-10-29-26(34)17-6-8-21(24(14-17)35-3)31-25-16-28-15-23(32-25)22-13-18-12-19(27)7-9-20(18)30-22;3-2(4,5)1(6)7/h6-9,12-16,30H,4-5,10-11H2,1-3H3,(H,29,34)(H,31,32);(H,6,7). The van der Waals surface area contributed by atoms with Gasteiger partial charge in [-0.15, -0.1) is 0 Å². The van der Waals surface area contributed by atoms with Crippen LogP contribution in [0, 0.1) is 5.82 Å². The fourth-order valence-electron chi connectivity index (χ4n) is 3.84. The zero-order chi connectivity index (χ0) is 30.9. The van der Waals surface area contributed by atoms with Gasteiger partial charge in [0.15, 0.2) is 0 Å². The van der Waals surface area contributed by atoms with Gasteiger partial charge in [-0.3, -0.25) is 9.78 Å². The molecular formula is C28H30F4N6O4. The number of nitrogens with zero attached hydrogens (tertiary/aromatic N) is 3. The summed E-state index contributed by atoms with van der Waals surface area (Å²) in [6.07, 6.45) is -1.85. The number of anilines is 2. The third-order valence-electron chi connectivity index (χ3n) is 6.07. The summed E-state index contributed by atoms with van der Waals surface area (Å²) in [5.41, 5.74) is 3.31. The van der Waals surface area contributed by atoms with Crippen molar-refractivity contribution in [1.82, 2.24) is 25.2 Å². The zero-order valence-corrected chi connectivity index (χ0v) is 23.1. The number of carboxylic acids is 1. The number of ether oxygens (including phenoxy) is 1. The first kappa shape index (κ1) is 31.8. The first-order valence-electron chi connectivity index (χ1n) is 12.8. The molecule has 0 aliphatic carbocycles. The molecule has 0 aliphatic rings. The van der Waals surface area contributed by atoms with Crippen LogP contribution in [0.1, 0.15) is 24.2 Å². The monoisotopic (exact) mass is 590 g/mol. The zero-order valence-electron chi connectivity index (χ0n) is 23.1. The van der Waals surface area contributed by atoms with Gasteiger partial charge in [0.05, 0.1) is 30.9 Å². The normalized spacial score (nSPS) is 11.1. The first-order valence-corrected chi connectivity index (χ1v) is 12.8. The van der Waals surface area contributed by atoms with Crippen LogP contribution >= 0.6 is 0 Å². The average Bonchev–Trinajstić information content (AvgIpc) is 3.39. The van der Waals surface area contributed by atoms with E-state index in [1.54, 1.807) is 43.8 Å². The molecule has 0 spiro atoms. The summed E-state index contributed by atoms with van der Waals surface area (Å²) in [4.78, 5) is 35.9. The molecule has 0 fully saturated rings. The minimum atomic E-state index is -5.08. The van der Waals surface area contributed by atoms with Gasteiger partial charge in [-0.2, -0.15) is 13.2 Å². The summed E-state index contributed by atoms with van der Waals surface area (Å²) >= 11 is 0. The molecule has 4 aromatic rings. The number of aromatic amines is 1. The van der Waals surface area contributed by atoms with Crippen LogP contribution in [0.2, 0.25) is 0 Å². The molecular weight excluding hydrogens is 560 g/mol. The molecule has 0 radical (unpaired) electrons. The lowest BCUT2D eigenvalue weighted by molar-refractivity contribution is -0.192. The highest BCUT2D eigenvalue weighted by Crippen LogP contribution is 2.29. The second kappa shape index (κ2) is 14.3. The van der Waals surface area contributed by atoms with E-state index in [0.29, 0.717) is 35.1 Å². The predicted molar refractivity (Wildman–Crippen MR) is 149 cm³/mol. The van der Waals surface area contributed by atoms with Crippen LogP contribution in [-0.4, -0.2) is 76.3 Å². The van der Waals surface area contributed by atoms with Crippen LogP contribution in [0.3, 0.4) is 0 Å². The number of nitrogens with one attached hydrogen (secondary N) is 3. The number of halogens is 4. The number of rotatable bonds is 10. The molecule has 1 amide bonds. The highest BCUT2D eigenvalue weighted by molar-refractivity contribution is 5.95. The Morgan fingerprint density at radius 2 is 1.79 bits per heavy atom. The number of methoxy groups -OCH3 is 1. The Hall–Kier alpha value is -4.72. The number of likely N-dealkylation sites (N-methyl/N-ethyl adjacent to an activating group) is 1. The van der Waals surface area contributed by atoms with Gasteiger partial charge >= 0.3 is 12.1 Å². The smallest absolute Gasteiger partial charge is 0.490 e. The van der Waals surface area contributed by atoms with E-state index in [1.807, 2.05) is 6.07 Å². The lowest BCUT2D eigenvalue weighted by Crippen LogP contribution is -2.34. The van der Waals surface area contributed by atoms with Crippen LogP contribution in [0.15, 0.2) is 54.9 Å². The summed E-state index contributed by atoms with van der Waals surface area (Å²) in [6, 6.07) is 11.6. The molecule has 2 heterocycles. The van der Waals surface area contributed by atoms with Gasteiger partial charge in [0.2, 0.25) is 0 Å². The minimum Gasteiger partial charge on any atom is -0.495 e. The van der Waals surface area contributed by atoms with Crippen molar-refractivity contribution in [3.05, 3.63) is 66.2 Å². The summed E-state index contributed by atoms with van der Waals surface area (Å²) < 4.78 is 50.8.